The second-order valence-corrected chi connectivity index (χ2v) is 7.78. The van der Waals surface area contributed by atoms with Gasteiger partial charge in [-0.3, -0.25) is 4.79 Å². The number of methoxy groups -OCH3 is 1. The Balaban J connectivity index is 1.81. The summed E-state index contributed by atoms with van der Waals surface area (Å²) in [5.41, 5.74) is 3.69. The van der Waals surface area contributed by atoms with E-state index in [2.05, 4.69) is 22.2 Å². The maximum absolute atomic E-state index is 13.6. The molecule has 0 aliphatic carbocycles. The van der Waals surface area contributed by atoms with E-state index in [0.29, 0.717) is 11.2 Å². The molecule has 2 aromatic heterocycles. The van der Waals surface area contributed by atoms with Crippen LogP contribution in [0.25, 0.3) is 11.0 Å². The van der Waals surface area contributed by atoms with Gasteiger partial charge in [-0.1, -0.05) is 13.0 Å². The summed E-state index contributed by atoms with van der Waals surface area (Å²) in [5, 5.41) is 4.29. The van der Waals surface area contributed by atoms with Gasteiger partial charge in [0.15, 0.2) is 5.65 Å². The number of benzene rings is 1. The zero-order valence-electron chi connectivity index (χ0n) is 17.8. The lowest BCUT2D eigenvalue weighted by Gasteiger charge is -2.35. The van der Waals surface area contributed by atoms with E-state index in [4.69, 9.17) is 4.74 Å². The zero-order chi connectivity index (χ0) is 21.1. The Bertz CT molecular complexity index is 1070. The van der Waals surface area contributed by atoms with E-state index in [1.807, 2.05) is 48.2 Å². The molecule has 156 valence electrons. The maximum atomic E-state index is 13.6. The number of nitrogens with one attached hydrogen (secondary N) is 1. The van der Waals surface area contributed by atoms with E-state index in [-0.39, 0.29) is 11.9 Å². The summed E-state index contributed by atoms with van der Waals surface area (Å²) >= 11 is 0. The predicted molar refractivity (Wildman–Crippen MR) is 120 cm³/mol. The van der Waals surface area contributed by atoms with E-state index in [0.717, 1.165) is 54.0 Å². The van der Waals surface area contributed by atoms with Crippen LogP contribution in [0.1, 0.15) is 48.7 Å². The number of ether oxygens (including phenoxy) is 1. The number of aryl methyl sites for hydroxylation is 1. The third-order valence-electron chi connectivity index (χ3n) is 5.80. The molecule has 1 N–H and O–H groups in total. The Labute approximate surface area is 177 Å². The van der Waals surface area contributed by atoms with Gasteiger partial charge in [-0.15, -0.1) is 0 Å². The number of hydrogen-bond donors (Lipinski definition) is 1. The molecule has 1 aromatic carbocycles. The second kappa shape index (κ2) is 8.69. The topological polar surface area (TPSA) is 67.4 Å². The van der Waals surface area contributed by atoms with Gasteiger partial charge in [-0.25, -0.2) is 9.97 Å². The summed E-state index contributed by atoms with van der Waals surface area (Å²) in [7, 11) is 1.64. The van der Waals surface area contributed by atoms with Crippen molar-refractivity contribution in [3.8, 4) is 5.75 Å². The molecule has 0 saturated carbocycles. The van der Waals surface area contributed by atoms with Crippen molar-refractivity contribution in [2.45, 2.75) is 45.6 Å². The smallest absolute Gasteiger partial charge is 0.257 e. The number of piperidine rings is 1. The number of fused-ring (bicyclic) bond motifs is 1. The molecule has 6 nitrogen and oxygen atoms in total. The zero-order valence-corrected chi connectivity index (χ0v) is 17.8. The SMILES string of the molecule is CCC1CCCCN1C(=O)c1cnc2nc(C)ccc2c1Nc1cccc(OC)c1. The first kappa shape index (κ1) is 20.1. The van der Waals surface area contributed by atoms with Crippen molar-refractivity contribution in [3.05, 3.63) is 53.9 Å². The number of nitrogens with zero attached hydrogens (tertiary/aromatic N) is 3. The number of aromatic nitrogens is 2. The minimum atomic E-state index is 0.0296. The lowest BCUT2D eigenvalue weighted by atomic mass is 9.98. The fraction of sp³-hybridized carbons (Fsp3) is 0.375. The molecule has 1 saturated heterocycles. The molecule has 0 radical (unpaired) electrons. The highest BCUT2D eigenvalue weighted by atomic mass is 16.5. The van der Waals surface area contributed by atoms with Crippen LogP contribution >= 0.6 is 0 Å². The fourth-order valence-electron chi connectivity index (χ4n) is 4.16. The van der Waals surface area contributed by atoms with E-state index in [1.165, 1.54) is 6.42 Å². The molecule has 3 heterocycles. The molecule has 1 amide bonds. The van der Waals surface area contributed by atoms with Crippen LogP contribution in [0, 0.1) is 6.92 Å². The summed E-state index contributed by atoms with van der Waals surface area (Å²) in [6, 6.07) is 11.9. The normalized spacial score (nSPS) is 16.5. The highest BCUT2D eigenvalue weighted by Gasteiger charge is 2.28. The number of pyridine rings is 2. The summed E-state index contributed by atoms with van der Waals surface area (Å²) in [6.07, 6.45) is 5.91. The quantitative estimate of drug-likeness (QED) is 0.641. The molecule has 30 heavy (non-hydrogen) atoms. The Hall–Kier alpha value is -3.15. The molecule has 4 rings (SSSR count). The molecule has 1 aliphatic rings. The highest BCUT2D eigenvalue weighted by molar-refractivity contribution is 6.07. The van der Waals surface area contributed by atoms with Crippen molar-refractivity contribution in [1.29, 1.82) is 0 Å². The molecule has 1 aliphatic heterocycles. The average molecular weight is 405 g/mol. The van der Waals surface area contributed by atoms with Crippen LogP contribution < -0.4 is 10.1 Å². The van der Waals surface area contributed by atoms with Gasteiger partial charge in [0.1, 0.15) is 5.75 Å². The minimum absolute atomic E-state index is 0.0296. The van der Waals surface area contributed by atoms with E-state index < -0.39 is 0 Å². The first-order valence-corrected chi connectivity index (χ1v) is 10.6. The van der Waals surface area contributed by atoms with E-state index in [1.54, 1.807) is 13.3 Å². The number of carbonyl (C=O) groups is 1. The third kappa shape index (κ3) is 3.95. The van der Waals surface area contributed by atoms with Crippen LogP contribution in [0.3, 0.4) is 0 Å². The summed E-state index contributed by atoms with van der Waals surface area (Å²) in [4.78, 5) is 24.7. The van der Waals surface area contributed by atoms with Crippen molar-refractivity contribution in [2.24, 2.45) is 0 Å². The highest BCUT2D eigenvalue weighted by Crippen LogP contribution is 2.32. The van der Waals surface area contributed by atoms with Crippen molar-refractivity contribution < 1.29 is 9.53 Å². The molecule has 1 fully saturated rings. The Kier molecular flexibility index (Phi) is 5.84. The van der Waals surface area contributed by atoms with Crippen LogP contribution in [0.5, 0.6) is 5.75 Å². The second-order valence-electron chi connectivity index (χ2n) is 7.78. The largest absolute Gasteiger partial charge is 0.497 e. The van der Waals surface area contributed by atoms with Gasteiger partial charge >= 0.3 is 0 Å². The molecular weight excluding hydrogens is 376 g/mol. The van der Waals surface area contributed by atoms with Crippen LogP contribution in [-0.2, 0) is 0 Å². The van der Waals surface area contributed by atoms with Gasteiger partial charge in [0, 0.05) is 41.6 Å². The van der Waals surface area contributed by atoms with Crippen molar-refractivity contribution in [2.75, 3.05) is 19.0 Å². The number of carbonyl (C=O) groups excluding carboxylic acids is 1. The third-order valence-corrected chi connectivity index (χ3v) is 5.80. The molecule has 0 bridgehead atoms. The fourth-order valence-corrected chi connectivity index (χ4v) is 4.16. The summed E-state index contributed by atoms with van der Waals surface area (Å²) < 4.78 is 5.36. The molecule has 0 spiro atoms. The van der Waals surface area contributed by atoms with Gasteiger partial charge in [0.2, 0.25) is 0 Å². The Morgan fingerprint density at radius 1 is 1.27 bits per heavy atom. The monoisotopic (exact) mass is 404 g/mol. The molecule has 1 atom stereocenters. The number of amides is 1. The molecular formula is C24H28N4O2. The Morgan fingerprint density at radius 3 is 2.93 bits per heavy atom. The standard InChI is InChI=1S/C24H28N4O2/c1-4-18-9-5-6-13-28(18)24(29)21-15-25-23-20(12-11-16(2)26-23)22(21)27-17-8-7-10-19(14-17)30-3/h7-8,10-12,14-15,18H,4-6,9,13H2,1-3H3,(H,25,26,27). The predicted octanol–water partition coefficient (Wildman–Crippen LogP) is 5.10. The Morgan fingerprint density at radius 2 is 2.13 bits per heavy atom. The van der Waals surface area contributed by atoms with Gasteiger partial charge in [0.05, 0.1) is 18.4 Å². The van der Waals surface area contributed by atoms with E-state index >= 15 is 0 Å². The van der Waals surface area contributed by atoms with Gasteiger partial charge in [-0.05, 0) is 56.9 Å². The number of rotatable bonds is 5. The molecule has 3 aromatic rings. The van der Waals surface area contributed by atoms with Crippen molar-refractivity contribution >= 4 is 28.3 Å². The minimum Gasteiger partial charge on any atom is -0.497 e. The van der Waals surface area contributed by atoms with E-state index in [9.17, 15) is 4.79 Å². The lowest BCUT2D eigenvalue weighted by molar-refractivity contribution is 0.0609. The lowest BCUT2D eigenvalue weighted by Crippen LogP contribution is -2.43. The van der Waals surface area contributed by atoms with Crippen LogP contribution in [0.4, 0.5) is 11.4 Å². The first-order chi connectivity index (χ1) is 14.6. The van der Waals surface area contributed by atoms with Gasteiger partial charge in [-0.2, -0.15) is 0 Å². The number of hydrogen-bond acceptors (Lipinski definition) is 5. The van der Waals surface area contributed by atoms with Crippen molar-refractivity contribution in [1.82, 2.24) is 14.9 Å². The number of likely N-dealkylation sites (tertiary alicyclic amines) is 1. The molecule has 1 unspecified atom stereocenters. The summed E-state index contributed by atoms with van der Waals surface area (Å²) in [6.45, 7) is 4.88. The first-order valence-electron chi connectivity index (χ1n) is 10.6. The van der Waals surface area contributed by atoms with Crippen LogP contribution in [-0.4, -0.2) is 40.5 Å². The van der Waals surface area contributed by atoms with Gasteiger partial charge < -0.3 is 15.0 Å². The summed E-state index contributed by atoms with van der Waals surface area (Å²) in [5.74, 6) is 0.782. The maximum Gasteiger partial charge on any atom is 0.257 e. The van der Waals surface area contributed by atoms with Gasteiger partial charge in [0.25, 0.3) is 5.91 Å². The van der Waals surface area contributed by atoms with Crippen molar-refractivity contribution in [3.63, 3.8) is 0 Å². The number of anilines is 2. The molecule has 6 heteroatoms. The average Bonchev–Trinajstić information content (AvgIpc) is 2.78. The van der Waals surface area contributed by atoms with Crippen LogP contribution in [0.2, 0.25) is 0 Å². The van der Waals surface area contributed by atoms with Crippen LogP contribution in [0.15, 0.2) is 42.6 Å².